The molecule has 5 heteroatoms. The highest BCUT2D eigenvalue weighted by Gasteiger charge is 2.44. The first-order valence-electron chi connectivity index (χ1n) is 6.47. The zero-order valence-electron chi connectivity index (χ0n) is 11.8. The second-order valence-corrected chi connectivity index (χ2v) is 5.83. The molecule has 0 aromatic heterocycles. The Kier molecular flexibility index (Phi) is 5.13. The van der Waals surface area contributed by atoms with E-state index in [1.807, 2.05) is 20.8 Å². The summed E-state index contributed by atoms with van der Waals surface area (Å²) in [7, 11) is 1.69. The molecule has 0 heterocycles. The van der Waals surface area contributed by atoms with Gasteiger partial charge >= 0.3 is 5.97 Å². The molecule has 0 amide bonds. The molecular formula is C13H25NO4. The van der Waals surface area contributed by atoms with Crippen molar-refractivity contribution in [2.45, 2.75) is 57.3 Å². The fourth-order valence-electron chi connectivity index (χ4n) is 2.23. The van der Waals surface area contributed by atoms with Crippen LogP contribution >= 0.6 is 0 Å². The first kappa shape index (κ1) is 15.4. The topological polar surface area (TPSA) is 67.8 Å². The van der Waals surface area contributed by atoms with Crippen LogP contribution in [0.4, 0.5) is 0 Å². The minimum absolute atomic E-state index is 0.0112. The van der Waals surface area contributed by atoms with E-state index < -0.39 is 11.5 Å². The third kappa shape index (κ3) is 4.23. The Morgan fingerprint density at radius 2 is 2.11 bits per heavy atom. The first-order chi connectivity index (χ1) is 8.29. The normalized spacial score (nSPS) is 28.6. The third-order valence-corrected chi connectivity index (χ3v) is 3.33. The summed E-state index contributed by atoms with van der Waals surface area (Å²) in [5, 5.41) is 12.1. The van der Waals surface area contributed by atoms with Gasteiger partial charge in [-0.15, -0.1) is 0 Å². The Balaban J connectivity index is 2.28. The van der Waals surface area contributed by atoms with Crippen LogP contribution in [0.15, 0.2) is 0 Å². The van der Waals surface area contributed by atoms with Gasteiger partial charge in [0.2, 0.25) is 0 Å². The number of carboxylic acids is 1. The highest BCUT2D eigenvalue weighted by Crippen LogP contribution is 2.31. The van der Waals surface area contributed by atoms with Crippen LogP contribution in [0.3, 0.4) is 0 Å². The van der Waals surface area contributed by atoms with Gasteiger partial charge in [-0.2, -0.15) is 0 Å². The molecule has 5 nitrogen and oxygen atoms in total. The zero-order valence-corrected chi connectivity index (χ0v) is 11.8. The molecule has 0 aromatic rings. The summed E-state index contributed by atoms with van der Waals surface area (Å²) in [5.41, 5.74) is -0.968. The van der Waals surface area contributed by atoms with Crippen molar-refractivity contribution in [1.29, 1.82) is 0 Å². The largest absolute Gasteiger partial charge is 0.480 e. The maximum atomic E-state index is 11.2. The molecule has 1 aliphatic rings. The van der Waals surface area contributed by atoms with Crippen molar-refractivity contribution < 1.29 is 19.4 Å². The van der Waals surface area contributed by atoms with Crippen molar-refractivity contribution in [2.75, 3.05) is 20.3 Å². The molecule has 0 bridgehead atoms. The summed E-state index contributed by atoms with van der Waals surface area (Å²) in [4.78, 5) is 11.2. The fourth-order valence-corrected chi connectivity index (χ4v) is 2.23. The number of aliphatic carboxylic acids is 1. The van der Waals surface area contributed by atoms with E-state index in [1.54, 1.807) is 7.05 Å². The van der Waals surface area contributed by atoms with Crippen molar-refractivity contribution in [1.82, 2.24) is 5.32 Å². The molecule has 2 N–H and O–H groups in total. The number of carboxylic acid groups (broad SMARTS) is 1. The predicted molar refractivity (Wildman–Crippen MR) is 68.7 cm³/mol. The van der Waals surface area contributed by atoms with Crippen LogP contribution in [0.25, 0.3) is 0 Å². The molecule has 0 saturated heterocycles. The number of hydrogen-bond donors (Lipinski definition) is 2. The van der Waals surface area contributed by atoms with Crippen molar-refractivity contribution in [3.8, 4) is 0 Å². The smallest absolute Gasteiger partial charge is 0.323 e. The quantitative estimate of drug-likeness (QED) is 0.706. The lowest BCUT2D eigenvalue weighted by molar-refractivity contribution is -0.145. The van der Waals surface area contributed by atoms with E-state index >= 15 is 0 Å². The van der Waals surface area contributed by atoms with Crippen LogP contribution < -0.4 is 5.32 Å². The number of nitrogens with one attached hydrogen (secondary N) is 1. The molecule has 2 atom stereocenters. The van der Waals surface area contributed by atoms with Gasteiger partial charge in [0, 0.05) is 6.42 Å². The van der Waals surface area contributed by atoms with Crippen molar-refractivity contribution >= 4 is 5.97 Å². The highest BCUT2D eigenvalue weighted by atomic mass is 16.5. The minimum Gasteiger partial charge on any atom is -0.480 e. The monoisotopic (exact) mass is 259 g/mol. The van der Waals surface area contributed by atoms with E-state index in [0.29, 0.717) is 26.1 Å². The lowest BCUT2D eigenvalue weighted by Gasteiger charge is -2.24. The van der Waals surface area contributed by atoms with E-state index in [9.17, 15) is 9.90 Å². The highest BCUT2D eigenvalue weighted by molar-refractivity contribution is 5.79. The second kappa shape index (κ2) is 5.99. The second-order valence-electron chi connectivity index (χ2n) is 5.83. The third-order valence-electron chi connectivity index (χ3n) is 3.33. The van der Waals surface area contributed by atoms with E-state index in [4.69, 9.17) is 9.47 Å². The Bertz CT molecular complexity index is 287. The minimum atomic E-state index is -0.810. The molecule has 1 rings (SSSR count). The Morgan fingerprint density at radius 3 is 2.56 bits per heavy atom. The Hall–Kier alpha value is -0.650. The number of hydrogen-bond acceptors (Lipinski definition) is 4. The van der Waals surface area contributed by atoms with Crippen LogP contribution in [0.5, 0.6) is 0 Å². The molecule has 1 aliphatic carbocycles. The molecule has 18 heavy (non-hydrogen) atoms. The predicted octanol–water partition coefficient (Wildman–Crippen LogP) is 1.41. The van der Waals surface area contributed by atoms with Crippen LogP contribution in [0.1, 0.15) is 40.0 Å². The summed E-state index contributed by atoms with van der Waals surface area (Å²) >= 11 is 0. The molecule has 0 spiro atoms. The molecule has 106 valence electrons. The van der Waals surface area contributed by atoms with Crippen molar-refractivity contribution in [3.05, 3.63) is 0 Å². The van der Waals surface area contributed by atoms with Gasteiger partial charge in [-0.1, -0.05) is 0 Å². The van der Waals surface area contributed by atoms with Gasteiger partial charge in [0.05, 0.1) is 24.9 Å². The van der Waals surface area contributed by atoms with Gasteiger partial charge in [-0.3, -0.25) is 4.79 Å². The maximum Gasteiger partial charge on any atom is 0.323 e. The number of ether oxygens (including phenoxy) is 2. The van der Waals surface area contributed by atoms with E-state index in [0.717, 1.165) is 6.42 Å². The fraction of sp³-hybridized carbons (Fsp3) is 0.923. The molecule has 0 aromatic carbocycles. The summed E-state index contributed by atoms with van der Waals surface area (Å²) in [6, 6.07) is 0. The van der Waals surface area contributed by atoms with Crippen LogP contribution in [0.2, 0.25) is 0 Å². The molecular weight excluding hydrogens is 234 g/mol. The van der Waals surface area contributed by atoms with Gasteiger partial charge in [-0.25, -0.2) is 0 Å². The van der Waals surface area contributed by atoms with Crippen LogP contribution in [-0.4, -0.2) is 48.6 Å². The standard InChI is InChI=1S/C13H25NO4/c1-12(2,3)18-8-7-17-10-5-6-13(9-10,14-4)11(15)16/h10,14H,5-9H2,1-4H3,(H,15,16). The van der Waals surface area contributed by atoms with Gasteiger partial charge < -0.3 is 19.9 Å². The lowest BCUT2D eigenvalue weighted by Crippen LogP contribution is -2.48. The average Bonchev–Trinajstić information content (AvgIpc) is 2.68. The summed E-state index contributed by atoms with van der Waals surface area (Å²) in [5.74, 6) is -0.790. The molecule has 0 radical (unpaired) electrons. The SMILES string of the molecule is CNC1(C(=O)O)CCC(OCCOC(C)(C)C)C1. The number of rotatable bonds is 6. The molecule has 0 aliphatic heterocycles. The number of likely N-dealkylation sites (N-methyl/N-ethyl adjacent to an activating group) is 1. The van der Waals surface area contributed by atoms with Gasteiger partial charge in [0.15, 0.2) is 0 Å². The van der Waals surface area contributed by atoms with Crippen LogP contribution in [-0.2, 0) is 14.3 Å². The summed E-state index contributed by atoms with van der Waals surface area (Å²) < 4.78 is 11.2. The summed E-state index contributed by atoms with van der Waals surface area (Å²) in [6.07, 6.45) is 1.93. The van der Waals surface area contributed by atoms with Crippen LogP contribution in [0, 0.1) is 0 Å². The van der Waals surface area contributed by atoms with E-state index in [-0.39, 0.29) is 11.7 Å². The van der Waals surface area contributed by atoms with Gasteiger partial charge in [-0.05, 0) is 40.7 Å². The van der Waals surface area contributed by atoms with Crippen molar-refractivity contribution in [3.63, 3.8) is 0 Å². The Morgan fingerprint density at radius 1 is 1.44 bits per heavy atom. The average molecular weight is 259 g/mol. The maximum absolute atomic E-state index is 11.2. The van der Waals surface area contributed by atoms with Gasteiger partial charge in [0.25, 0.3) is 0 Å². The molecule has 1 fully saturated rings. The summed E-state index contributed by atoms with van der Waals surface area (Å²) in [6.45, 7) is 7.05. The van der Waals surface area contributed by atoms with Gasteiger partial charge in [0.1, 0.15) is 5.54 Å². The lowest BCUT2D eigenvalue weighted by atomic mass is 9.98. The van der Waals surface area contributed by atoms with E-state index in [1.165, 1.54) is 0 Å². The first-order valence-corrected chi connectivity index (χ1v) is 6.47. The Labute approximate surface area is 109 Å². The zero-order chi connectivity index (χ0) is 13.8. The molecule has 1 saturated carbocycles. The molecule has 2 unspecified atom stereocenters. The number of carbonyl (C=O) groups is 1. The van der Waals surface area contributed by atoms with Crippen molar-refractivity contribution in [2.24, 2.45) is 0 Å². The van der Waals surface area contributed by atoms with E-state index in [2.05, 4.69) is 5.32 Å².